The highest BCUT2D eigenvalue weighted by molar-refractivity contribution is 5.81. The van der Waals surface area contributed by atoms with Crippen molar-refractivity contribution >= 4 is 11.9 Å². The molecule has 1 amide bonds. The van der Waals surface area contributed by atoms with Gasteiger partial charge in [-0.3, -0.25) is 9.59 Å². The van der Waals surface area contributed by atoms with Crippen molar-refractivity contribution in [3.63, 3.8) is 0 Å². The maximum atomic E-state index is 13.1. The first-order valence-electron chi connectivity index (χ1n) is 8.64. The highest BCUT2D eigenvalue weighted by Crippen LogP contribution is 2.11. The van der Waals surface area contributed by atoms with Crippen LogP contribution >= 0.6 is 0 Å². The monoisotopic (exact) mass is 353 g/mol. The molecule has 1 rings (SSSR count). The average molecular weight is 353 g/mol. The van der Waals surface area contributed by atoms with Crippen LogP contribution in [-0.4, -0.2) is 38.2 Å². The van der Waals surface area contributed by atoms with Crippen LogP contribution < -0.4 is 5.32 Å². The van der Waals surface area contributed by atoms with Crippen LogP contribution in [0.25, 0.3) is 0 Å². The Morgan fingerprint density at radius 3 is 2.68 bits per heavy atom. The summed E-state index contributed by atoms with van der Waals surface area (Å²) in [4.78, 5) is 23.5. The Hall–Kier alpha value is -1.95. The molecule has 6 heteroatoms. The van der Waals surface area contributed by atoms with Gasteiger partial charge in [0.15, 0.2) is 6.61 Å². The fourth-order valence-corrected chi connectivity index (χ4v) is 2.15. The van der Waals surface area contributed by atoms with Crippen molar-refractivity contribution in [2.75, 3.05) is 26.4 Å². The number of esters is 1. The molecule has 5 nitrogen and oxygen atoms in total. The summed E-state index contributed by atoms with van der Waals surface area (Å²) in [6.45, 7) is 7.30. The van der Waals surface area contributed by atoms with Gasteiger partial charge in [0, 0.05) is 19.8 Å². The molecule has 0 aliphatic carbocycles. The highest BCUT2D eigenvalue weighted by Gasteiger charge is 2.16. The van der Waals surface area contributed by atoms with Gasteiger partial charge in [0.25, 0.3) is 5.91 Å². The molecule has 0 aliphatic rings. The number of hydrogen-bond acceptors (Lipinski definition) is 4. The fraction of sp³-hybridized carbons (Fsp3) is 0.579. The lowest BCUT2D eigenvalue weighted by Gasteiger charge is -2.12. The fourth-order valence-electron chi connectivity index (χ4n) is 2.15. The van der Waals surface area contributed by atoms with E-state index in [4.69, 9.17) is 9.47 Å². The Morgan fingerprint density at radius 1 is 1.24 bits per heavy atom. The molecule has 0 saturated carbocycles. The lowest BCUT2D eigenvalue weighted by Crippen LogP contribution is -2.31. The molecule has 0 saturated heterocycles. The second-order valence-electron chi connectivity index (χ2n) is 6.52. The standard InChI is InChI=1S/C19H28FNO4/c1-14(2)12-24-9-5-8-21-18(22)13-25-19(23)15(3)10-16-6-4-7-17(20)11-16/h4,6-7,11,14-15H,5,8-10,12-13H2,1-3H3,(H,21,22). The molecule has 1 aromatic carbocycles. The van der Waals surface area contributed by atoms with Gasteiger partial charge in [-0.2, -0.15) is 0 Å². The molecule has 140 valence electrons. The third-order valence-corrected chi connectivity index (χ3v) is 3.42. The zero-order valence-corrected chi connectivity index (χ0v) is 15.2. The van der Waals surface area contributed by atoms with E-state index >= 15 is 0 Å². The Morgan fingerprint density at radius 2 is 2.00 bits per heavy atom. The number of amides is 1. The maximum absolute atomic E-state index is 13.1. The van der Waals surface area contributed by atoms with Gasteiger partial charge < -0.3 is 14.8 Å². The van der Waals surface area contributed by atoms with Crippen LogP contribution in [0, 0.1) is 17.7 Å². The van der Waals surface area contributed by atoms with Crippen LogP contribution in [0.5, 0.6) is 0 Å². The van der Waals surface area contributed by atoms with Gasteiger partial charge in [0.05, 0.1) is 5.92 Å². The van der Waals surface area contributed by atoms with Gasteiger partial charge in [-0.05, 0) is 36.5 Å². The van der Waals surface area contributed by atoms with Crippen LogP contribution in [-0.2, 0) is 25.5 Å². The second kappa shape index (κ2) is 11.6. The van der Waals surface area contributed by atoms with Crippen molar-refractivity contribution in [1.29, 1.82) is 0 Å². The normalized spacial score (nSPS) is 12.0. The lowest BCUT2D eigenvalue weighted by molar-refractivity contribution is -0.152. The summed E-state index contributed by atoms with van der Waals surface area (Å²) < 4.78 is 23.5. The first-order chi connectivity index (χ1) is 11.9. The number of nitrogens with one attached hydrogen (secondary N) is 1. The topological polar surface area (TPSA) is 64.6 Å². The van der Waals surface area contributed by atoms with Gasteiger partial charge >= 0.3 is 5.97 Å². The minimum atomic E-state index is -0.473. The number of rotatable bonds is 11. The third-order valence-electron chi connectivity index (χ3n) is 3.42. The molecule has 0 aliphatic heterocycles. The molecule has 0 fully saturated rings. The van der Waals surface area contributed by atoms with Crippen molar-refractivity contribution < 1.29 is 23.5 Å². The lowest BCUT2D eigenvalue weighted by atomic mass is 10.0. The molecular weight excluding hydrogens is 325 g/mol. The van der Waals surface area contributed by atoms with E-state index < -0.39 is 11.9 Å². The molecular formula is C19H28FNO4. The molecule has 0 spiro atoms. The molecule has 1 N–H and O–H groups in total. The number of benzene rings is 1. The molecule has 1 unspecified atom stereocenters. The predicted molar refractivity (Wildman–Crippen MR) is 93.5 cm³/mol. The number of ether oxygens (including phenoxy) is 2. The molecule has 25 heavy (non-hydrogen) atoms. The van der Waals surface area contributed by atoms with Crippen molar-refractivity contribution in [1.82, 2.24) is 5.32 Å². The van der Waals surface area contributed by atoms with E-state index in [0.29, 0.717) is 38.5 Å². The Labute approximate surface area is 148 Å². The van der Waals surface area contributed by atoms with Gasteiger partial charge in [-0.25, -0.2) is 4.39 Å². The van der Waals surface area contributed by atoms with Crippen molar-refractivity contribution in [2.45, 2.75) is 33.6 Å². The molecule has 1 atom stereocenters. The molecule has 0 bridgehead atoms. The summed E-state index contributed by atoms with van der Waals surface area (Å²) in [5.74, 6) is -1.10. The van der Waals surface area contributed by atoms with Gasteiger partial charge in [-0.1, -0.05) is 32.9 Å². The van der Waals surface area contributed by atoms with Gasteiger partial charge in [-0.15, -0.1) is 0 Å². The summed E-state index contributed by atoms with van der Waals surface area (Å²) in [6, 6.07) is 6.09. The number of carbonyl (C=O) groups is 2. The van der Waals surface area contributed by atoms with Crippen LogP contribution in [0.2, 0.25) is 0 Å². The van der Waals surface area contributed by atoms with Crippen molar-refractivity contribution in [2.24, 2.45) is 11.8 Å². The first-order valence-corrected chi connectivity index (χ1v) is 8.64. The summed E-state index contributed by atoms with van der Waals surface area (Å²) in [5, 5.41) is 2.68. The van der Waals surface area contributed by atoms with Crippen LogP contribution in [0.4, 0.5) is 4.39 Å². The van der Waals surface area contributed by atoms with E-state index in [1.165, 1.54) is 12.1 Å². The van der Waals surface area contributed by atoms with Crippen LogP contribution in [0.3, 0.4) is 0 Å². The summed E-state index contributed by atoms with van der Waals surface area (Å²) in [6.07, 6.45) is 1.08. The highest BCUT2D eigenvalue weighted by atomic mass is 19.1. The third kappa shape index (κ3) is 9.82. The average Bonchev–Trinajstić information content (AvgIpc) is 2.55. The quantitative estimate of drug-likeness (QED) is 0.491. The number of carbonyl (C=O) groups excluding carboxylic acids is 2. The van der Waals surface area contributed by atoms with E-state index in [0.717, 1.165) is 5.56 Å². The van der Waals surface area contributed by atoms with Gasteiger partial charge in [0.1, 0.15) is 5.82 Å². The maximum Gasteiger partial charge on any atom is 0.309 e. The molecule has 0 radical (unpaired) electrons. The minimum absolute atomic E-state index is 0.306. The van der Waals surface area contributed by atoms with E-state index in [2.05, 4.69) is 19.2 Å². The largest absolute Gasteiger partial charge is 0.455 e. The van der Waals surface area contributed by atoms with E-state index in [1.54, 1.807) is 19.1 Å². The molecule has 1 aromatic rings. The predicted octanol–water partition coefficient (Wildman–Crippen LogP) is 2.73. The molecule has 0 aromatic heterocycles. The smallest absolute Gasteiger partial charge is 0.309 e. The minimum Gasteiger partial charge on any atom is -0.455 e. The van der Waals surface area contributed by atoms with Gasteiger partial charge in [0.2, 0.25) is 0 Å². The zero-order chi connectivity index (χ0) is 18.7. The summed E-state index contributed by atoms with van der Waals surface area (Å²) in [5.41, 5.74) is 0.718. The van der Waals surface area contributed by atoms with Crippen LogP contribution in [0.15, 0.2) is 24.3 Å². The Kier molecular flexibility index (Phi) is 9.77. The van der Waals surface area contributed by atoms with Crippen molar-refractivity contribution in [3.05, 3.63) is 35.6 Å². The SMILES string of the molecule is CC(C)COCCCNC(=O)COC(=O)C(C)Cc1cccc(F)c1. The summed E-state index contributed by atoms with van der Waals surface area (Å²) >= 11 is 0. The Bertz CT molecular complexity index is 548. The van der Waals surface area contributed by atoms with E-state index in [-0.39, 0.29) is 18.3 Å². The van der Waals surface area contributed by atoms with E-state index in [9.17, 15) is 14.0 Å². The molecule has 0 heterocycles. The summed E-state index contributed by atoms with van der Waals surface area (Å²) in [7, 11) is 0. The van der Waals surface area contributed by atoms with Crippen molar-refractivity contribution in [3.8, 4) is 0 Å². The first kappa shape index (κ1) is 21.1. The zero-order valence-electron chi connectivity index (χ0n) is 15.2. The second-order valence-corrected chi connectivity index (χ2v) is 6.52. The Balaban J connectivity index is 2.16. The van der Waals surface area contributed by atoms with E-state index in [1.807, 2.05) is 0 Å². The number of halogens is 1. The number of hydrogen-bond donors (Lipinski definition) is 1. The van der Waals surface area contributed by atoms with Crippen LogP contribution in [0.1, 0.15) is 32.8 Å².